The highest BCUT2D eigenvalue weighted by atomic mass is 32.1. The Kier molecular flexibility index (Phi) is 5.18. The number of thiocarbonyl (C=S) groups is 1. The molecule has 2 amide bonds. The van der Waals surface area contributed by atoms with Crippen LogP contribution in [0.1, 0.15) is 5.56 Å². The number of carbonyl (C=O) groups is 2. The van der Waals surface area contributed by atoms with E-state index in [1.807, 2.05) is 0 Å². The smallest absolute Gasteiger partial charge is 0.270 e. The topological polar surface area (TPSA) is 95.8 Å². The number of non-ortho nitro benzene ring substituents is 1. The van der Waals surface area contributed by atoms with Crippen LogP contribution in [0.15, 0.2) is 54.1 Å². The third-order valence-corrected chi connectivity index (χ3v) is 4.40. The minimum absolute atomic E-state index is 0.0229. The average molecular weight is 396 g/mol. The minimum atomic E-state index is -0.654. The number of nitro benzene ring substituents is 1. The van der Waals surface area contributed by atoms with Gasteiger partial charge in [0.05, 0.1) is 10.6 Å². The van der Waals surface area contributed by atoms with Crippen molar-refractivity contribution in [1.29, 1.82) is 0 Å². The van der Waals surface area contributed by atoms with E-state index in [1.165, 1.54) is 23.1 Å². The van der Waals surface area contributed by atoms with E-state index in [-0.39, 0.29) is 16.4 Å². The summed E-state index contributed by atoms with van der Waals surface area (Å²) >= 11 is 5.15. The van der Waals surface area contributed by atoms with Crippen molar-refractivity contribution in [3.63, 3.8) is 0 Å². The second kappa shape index (κ2) is 7.57. The van der Waals surface area contributed by atoms with Gasteiger partial charge in [-0.15, -0.1) is 0 Å². The zero-order valence-corrected chi connectivity index (χ0v) is 15.9. The van der Waals surface area contributed by atoms with Crippen molar-refractivity contribution < 1.29 is 14.5 Å². The van der Waals surface area contributed by atoms with Gasteiger partial charge in [0.1, 0.15) is 5.57 Å². The molecule has 0 aromatic heterocycles. The van der Waals surface area contributed by atoms with Crippen LogP contribution in [0.3, 0.4) is 0 Å². The SMILES string of the molecule is CN(C)c1ccc([N+](=O)[O-])cc1/C=C1/C(=O)NC(=S)N(c2ccccc2)C1=O. The molecule has 1 fully saturated rings. The molecule has 2 aromatic carbocycles. The largest absolute Gasteiger partial charge is 0.377 e. The van der Waals surface area contributed by atoms with Crippen LogP contribution in [-0.4, -0.2) is 35.9 Å². The van der Waals surface area contributed by atoms with Crippen LogP contribution in [0.25, 0.3) is 6.08 Å². The molecule has 9 heteroatoms. The molecule has 0 spiro atoms. The van der Waals surface area contributed by atoms with Gasteiger partial charge in [-0.05, 0) is 36.5 Å². The monoisotopic (exact) mass is 396 g/mol. The lowest BCUT2D eigenvalue weighted by atomic mass is 10.0. The molecule has 2 aromatic rings. The van der Waals surface area contributed by atoms with Crippen LogP contribution in [0.2, 0.25) is 0 Å². The van der Waals surface area contributed by atoms with E-state index in [2.05, 4.69) is 5.32 Å². The van der Waals surface area contributed by atoms with Gasteiger partial charge in [-0.25, -0.2) is 0 Å². The van der Waals surface area contributed by atoms with Crippen LogP contribution >= 0.6 is 12.2 Å². The summed E-state index contributed by atoms with van der Waals surface area (Å²) in [7, 11) is 3.52. The van der Waals surface area contributed by atoms with Gasteiger partial charge in [-0.3, -0.25) is 29.9 Å². The van der Waals surface area contributed by atoms with E-state index < -0.39 is 16.7 Å². The Labute approximate surface area is 166 Å². The number of amides is 2. The van der Waals surface area contributed by atoms with Crippen LogP contribution in [0, 0.1) is 10.1 Å². The number of nitro groups is 1. The molecule has 1 heterocycles. The van der Waals surface area contributed by atoms with E-state index in [4.69, 9.17) is 12.2 Å². The normalized spacial score (nSPS) is 15.6. The van der Waals surface area contributed by atoms with Crippen LogP contribution < -0.4 is 15.1 Å². The number of carbonyl (C=O) groups excluding carboxylic acids is 2. The quantitative estimate of drug-likeness (QED) is 0.280. The molecule has 8 nitrogen and oxygen atoms in total. The number of hydrogen-bond acceptors (Lipinski definition) is 6. The molecule has 0 saturated carbocycles. The molecule has 142 valence electrons. The predicted octanol–water partition coefficient (Wildman–Crippen LogP) is 2.49. The summed E-state index contributed by atoms with van der Waals surface area (Å²) in [6.45, 7) is 0. The van der Waals surface area contributed by atoms with Gasteiger partial charge in [-0.1, -0.05) is 18.2 Å². The molecule has 0 aliphatic carbocycles. The molecule has 0 unspecified atom stereocenters. The third-order valence-electron chi connectivity index (χ3n) is 4.12. The predicted molar refractivity (Wildman–Crippen MR) is 110 cm³/mol. The molecule has 28 heavy (non-hydrogen) atoms. The second-order valence-electron chi connectivity index (χ2n) is 6.19. The lowest BCUT2D eigenvalue weighted by Gasteiger charge is -2.29. The van der Waals surface area contributed by atoms with Gasteiger partial charge in [0.2, 0.25) is 0 Å². The van der Waals surface area contributed by atoms with Crippen LogP contribution in [0.5, 0.6) is 0 Å². The summed E-state index contributed by atoms with van der Waals surface area (Å²) < 4.78 is 0. The van der Waals surface area contributed by atoms with E-state index in [0.717, 1.165) is 0 Å². The first-order valence-corrected chi connectivity index (χ1v) is 8.62. The standard InChI is InChI=1S/C19H16N4O4S/c1-21(2)16-9-8-14(23(26)27)10-12(16)11-15-17(24)20-19(28)22(18(15)25)13-6-4-3-5-7-13/h3-11H,1-2H3,(H,20,24,28)/b15-11-. The zero-order chi connectivity index (χ0) is 20.4. The maximum atomic E-state index is 13.0. The number of rotatable bonds is 4. The highest BCUT2D eigenvalue weighted by molar-refractivity contribution is 7.80. The summed E-state index contributed by atoms with van der Waals surface area (Å²) in [5.41, 5.74) is 1.20. The second-order valence-corrected chi connectivity index (χ2v) is 6.57. The van der Waals surface area contributed by atoms with Gasteiger partial charge < -0.3 is 4.90 Å². The van der Waals surface area contributed by atoms with Gasteiger partial charge in [0, 0.05) is 37.5 Å². The number of anilines is 2. The van der Waals surface area contributed by atoms with Crippen molar-refractivity contribution in [1.82, 2.24) is 5.32 Å². The van der Waals surface area contributed by atoms with Crippen molar-refractivity contribution >= 4 is 52.3 Å². The van der Waals surface area contributed by atoms with E-state index in [9.17, 15) is 19.7 Å². The molecule has 0 radical (unpaired) electrons. The van der Waals surface area contributed by atoms with Gasteiger partial charge >= 0.3 is 0 Å². The number of hydrogen-bond donors (Lipinski definition) is 1. The fourth-order valence-electron chi connectivity index (χ4n) is 2.80. The fraction of sp³-hybridized carbons (Fsp3) is 0.105. The number of nitrogens with zero attached hydrogens (tertiary/aromatic N) is 3. The first-order valence-electron chi connectivity index (χ1n) is 8.22. The van der Waals surface area contributed by atoms with Crippen LogP contribution in [-0.2, 0) is 9.59 Å². The molecule has 1 saturated heterocycles. The van der Waals surface area contributed by atoms with Gasteiger partial charge in [0.25, 0.3) is 17.5 Å². The third kappa shape index (κ3) is 3.60. The molecule has 0 atom stereocenters. The lowest BCUT2D eigenvalue weighted by Crippen LogP contribution is -2.54. The molecular weight excluding hydrogens is 380 g/mol. The average Bonchev–Trinajstić information content (AvgIpc) is 2.65. The summed E-state index contributed by atoms with van der Waals surface area (Å²) in [5.74, 6) is -1.26. The summed E-state index contributed by atoms with van der Waals surface area (Å²) in [4.78, 5) is 39.0. The molecule has 1 aliphatic rings. The van der Waals surface area contributed by atoms with Gasteiger partial charge in [0.15, 0.2) is 5.11 Å². The maximum Gasteiger partial charge on any atom is 0.270 e. The number of benzene rings is 2. The molecule has 1 aliphatic heterocycles. The van der Waals surface area contributed by atoms with Gasteiger partial charge in [-0.2, -0.15) is 0 Å². The van der Waals surface area contributed by atoms with Crippen LogP contribution in [0.4, 0.5) is 17.1 Å². The first-order chi connectivity index (χ1) is 13.3. The minimum Gasteiger partial charge on any atom is -0.377 e. The number of para-hydroxylation sites is 1. The Bertz CT molecular complexity index is 1020. The van der Waals surface area contributed by atoms with Crippen molar-refractivity contribution in [3.8, 4) is 0 Å². The van der Waals surface area contributed by atoms with Crippen molar-refractivity contribution in [2.75, 3.05) is 23.9 Å². The van der Waals surface area contributed by atoms with E-state index in [0.29, 0.717) is 16.9 Å². The molecule has 1 N–H and O–H groups in total. The lowest BCUT2D eigenvalue weighted by molar-refractivity contribution is -0.384. The summed E-state index contributed by atoms with van der Waals surface area (Å²) in [5, 5.41) is 13.6. The van der Waals surface area contributed by atoms with E-state index in [1.54, 1.807) is 55.4 Å². The van der Waals surface area contributed by atoms with E-state index >= 15 is 0 Å². The highest BCUT2D eigenvalue weighted by Gasteiger charge is 2.34. The molecule has 3 rings (SSSR count). The van der Waals surface area contributed by atoms with Crippen molar-refractivity contribution in [2.24, 2.45) is 0 Å². The number of nitrogens with one attached hydrogen (secondary N) is 1. The molecule has 0 bridgehead atoms. The first kappa shape index (κ1) is 19.2. The zero-order valence-electron chi connectivity index (χ0n) is 15.1. The fourth-order valence-corrected chi connectivity index (χ4v) is 3.08. The Morgan fingerprint density at radius 1 is 1.14 bits per heavy atom. The molecular formula is C19H16N4O4S. The Morgan fingerprint density at radius 2 is 1.82 bits per heavy atom. The maximum absolute atomic E-state index is 13.0. The summed E-state index contributed by atoms with van der Waals surface area (Å²) in [6, 6.07) is 12.9. The highest BCUT2D eigenvalue weighted by Crippen LogP contribution is 2.28. The van der Waals surface area contributed by atoms with Crippen molar-refractivity contribution in [3.05, 3.63) is 69.8 Å². The Morgan fingerprint density at radius 3 is 2.43 bits per heavy atom. The van der Waals surface area contributed by atoms with Crippen molar-refractivity contribution in [2.45, 2.75) is 0 Å². The Hall–Kier alpha value is -3.59. The summed E-state index contributed by atoms with van der Waals surface area (Å²) in [6.07, 6.45) is 1.34. The Balaban J connectivity index is 2.11.